The first kappa shape index (κ1) is 16.2. The second-order valence-corrected chi connectivity index (χ2v) is 7.15. The third-order valence-corrected chi connectivity index (χ3v) is 5.46. The van der Waals surface area contributed by atoms with Gasteiger partial charge in [0.2, 0.25) is 0 Å². The van der Waals surface area contributed by atoms with Crippen molar-refractivity contribution in [3.05, 3.63) is 65.6 Å². The van der Waals surface area contributed by atoms with Crippen LogP contribution in [0, 0.1) is 11.7 Å². The van der Waals surface area contributed by atoms with Crippen molar-refractivity contribution in [2.24, 2.45) is 5.92 Å². The number of hydrogen-bond donors (Lipinski definition) is 1. The van der Waals surface area contributed by atoms with E-state index in [1.54, 1.807) is 35.9 Å². The molecular formula is C19H18FN3OS. The van der Waals surface area contributed by atoms with E-state index in [1.165, 1.54) is 17.7 Å². The number of benzene rings is 1. The second-order valence-electron chi connectivity index (χ2n) is 6.31. The SMILES string of the molecule is O[C@H]1CN(c2nc(-c3ccc(F)cc3)cs2)C[C@H]1Cc1ccncc1. The molecule has 1 N–H and O–H groups in total. The molecule has 1 saturated heterocycles. The molecule has 4 nitrogen and oxygen atoms in total. The molecule has 2 atom stereocenters. The minimum Gasteiger partial charge on any atom is -0.391 e. The third-order valence-electron chi connectivity index (χ3n) is 4.56. The monoisotopic (exact) mass is 355 g/mol. The molecule has 6 heteroatoms. The van der Waals surface area contributed by atoms with Crippen LogP contribution >= 0.6 is 11.3 Å². The Hall–Kier alpha value is -2.31. The Labute approximate surface area is 149 Å². The molecule has 0 saturated carbocycles. The number of pyridine rings is 1. The van der Waals surface area contributed by atoms with Crippen LogP contribution in [0.4, 0.5) is 9.52 Å². The van der Waals surface area contributed by atoms with Crippen molar-refractivity contribution in [2.45, 2.75) is 12.5 Å². The maximum atomic E-state index is 13.1. The minimum atomic E-state index is -0.369. The summed E-state index contributed by atoms with van der Waals surface area (Å²) in [6.07, 6.45) is 4.02. The van der Waals surface area contributed by atoms with Gasteiger partial charge in [-0.25, -0.2) is 9.37 Å². The number of anilines is 1. The van der Waals surface area contributed by atoms with Crippen molar-refractivity contribution in [2.75, 3.05) is 18.0 Å². The molecule has 1 aliphatic heterocycles. The molecule has 4 rings (SSSR count). The predicted octanol–water partition coefficient (Wildman–Crippen LogP) is 3.38. The molecule has 0 aliphatic carbocycles. The van der Waals surface area contributed by atoms with Crippen LogP contribution in [0.25, 0.3) is 11.3 Å². The third kappa shape index (κ3) is 3.55. The Morgan fingerprint density at radius 2 is 1.88 bits per heavy atom. The van der Waals surface area contributed by atoms with Gasteiger partial charge in [0.25, 0.3) is 0 Å². The average Bonchev–Trinajstić information content (AvgIpc) is 3.24. The zero-order valence-electron chi connectivity index (χ0n) is 13.5. The molecule has 1 aromatic carbocycles. The van der Waals surface area contributed by atoms with Crippen LogP contribution in [-0.4, -0.2) is 34.3 Å². The van der Waals surface area contributed by atoms with E-state index >= 15 is 0 Å². The maximum absolute atomic E-state index is 13.1. The van der Waals surface area contributed by atoms with E-state index in [9.17, 15) is 9.50 Å². The molecule has 1 aliphatic rings. The molecule has 3 heterocycles. The maximum Gasteiger partial charge on any atom is 0.185 e. The van der Waals surface area contributed by atoms with Crippen molar-refractivity contribution in [3.8, 4) is 11.3 Å². The average molecular weight is 355 g/mol. The summed E-state index contributed by atoms with van der Waals surface area (Å²) in [5.41, 5.74) is 2.93. The van der Waals surface area contributed by atoms with Crippen molar-refractivity contribution in [1.29, 1.82) is 0 Å². The lowest BCUT2D eigenvalue weighted by Crippen LogP contribution is -2.20. The molecule has 0 unspecified atom stereocenters. The standard InChI is InChI=1S/C19H18FN3OS/c20-16-3-1-14(2-4-16)17-12-25-19(22-17)23-10-15(18(24)11-23)9-13-5-7-21-8-6-13/h1-8,12,15,18,24H,9-11H2/t15-,18+/m1/s1. The van der Waals surface area contributed by atoms with Crippen LogP contribution in [0.2, 0.25) is 0 Å². The van der Waals surface area contributed by atoms with E-state index in [-0.39, 0.29) is 17.8 Å². The van der Waals surface area contributed by atoms with Gasteiger partial charge in [0, 0.05) is 42.3 Å². The highest BCUT2D eigenvalue weighted by molar-refractivity contribution is 7.14. The van der Waals surface area contributed by atoms with Gasteiger partial charge in [0.15, 0.2) is 5.13 Å². The fourth-order valence-electron chi connectivity index (χ4n) is 3.20. The zero-order chi connectivity index (χ0) is 17.2. The molecule has 0 bridgehead atoms. The molecule has 0 amide bonds. The van der Waals surface area contributed by atoms with E-state index in [0.29, 0.717) is 6.54 Å². The quantitative estimate of drug-likeness (QED) is 0.779. The highest BCUT2D eigenvalue weighted by Crippen LogP contribution is 2.32. The fourth-order valence-corrected chi connectivity index (χ4v) is 4.05. The summed E-state index contributed by atoms with van der Waals surface area (Å²) in [6.45, 7) is 1.37. The minimum absolute atomic E-state index is 0.181. The topological polar surface area (TPSA) is 49.2 Å². The summed E-state index contributed by atoms with van der Waals surface area (Å²) in [5, 5.41) is 13.3. The largest absolute Gasteiger partial charge is 0.391 e. The number of rotatable bonds is 4. The van der Waals surface area contributed by atoms with Gasteiger partial charge in [-0.2, -0.15) is 0 Å². The number of aromatic nitrogens is 2. The molecule has 0 radical (unpaired) electrons. The molecule has 128 valence electrons. The zero-order valence-corrected chi connectivity index (χ0v) is 14.4. The van der Waals surface area contributed by atoms with E-state index in [2.05, 4.69) is 14.9 Å². The van der Waals surface area contributed by atoms with E-state index in [1.807, 2.05) is 17.5 Å². The van der Waals surface area contributed by atoms with Gasteiger partial charge in [0.1, 0.15) is 5.82 Å². The van der Waals surface area contributed by atoms with Gasteiger partial charge < -0.3 is 10.0 Å². The van der Waals surface area contributed by atoms with Gasteiger partial charge in [-0.1, -0.05) is 0 Å². The van der Waals surface area contributed by atoms with Crippen molar-refractivity contribution in [3.63, 3.8) is 0 Å². The lowest BCUT2D eigenvalue weighted by Gasteiger charge is -2.14. The molecule has 1 fully saturated rings. The van der Waals surface area contributed by atoms with Crippen LogP contribution in [0.15, 0.2) is 54.2 Å². The number of thiazole rings is 1. The predicted molar refractivity (Wildman–Crippen MR) is 97.2 cm³/mol. The van der Waals surface area contributed by atoms with Crippen LogP contribution in [0.3, 0.4) is 0 Å². The Bertz CT molecular complexity index is 837. The Balaban J connectivity index is 1.47. The Morgan fingerprint density at radius 1 is 1.12 bits per heavy atom. The van der Waals surface area contributed by atoms with Crippen molar-refractivity contribution < 1.29 is 9.50 Å². The highest BCUT2D eigenvalue weighted by Gasteiger charge is 2.32. The molecular weight excluding hydrogens is 337 g/mol. The molecule has 0 spiro atoms. The van der Waals surface area contributed by atoms with Gasteiger partial charge in [-0.05, 0) is 48.4 Å². The summed E-state index contributed by atoms with van der Waals surface area (Å²) < 4.78 is 13.1. The lowest BCUT2D eigenvalue weighted by atomic mass is 9.97. The number of aliphatic hydroxyl groups excluding tert-OH is 1. The van der Waals surface area contributed by atoms with Crippen LogP contribution in [0.5, 0.6) is 0 Å². The highest BCUT2D eigenvalue weighted by atomic mass is 32.1. The number of aliphatic hydroxyl groups is 1. The smallest absolute Gasteiger partial charge is 0.185 e. The van der Waals surface area contributed by atoms with Gasteiger partial charge in [0.05, 0.1) is 11.8 Å². The van der Waals surface area contributed by atoms with Crippen LogP contribution < -0.4 is 4.90 Å². The molecule has 25 heavy (non-hydrogen) atoms. The van der Waals surface area contributed by atoms with Gasteiger partial charge in [-0.3, -0.25) is 4.98 Å². The number of halogens is 1. The number of nitrogens with zero attached hydrogens (tertiary/aromatic N) is 3. The van der Waals surface area contributed by atoms with E-state index < -0.39 is 0 Å². The van der Waals surface area contributed by atoms with Crippen molar-refractivity contribution in [1.82, 2.24) is 9.97 Å². The summed E-state index contributed by atoms with van der Waals surface area (Å²) in [6, 6.07) is 10.3. The first-order valence-electron chi connectivity index (χ1n) is 8.22. The molecule has 2 aromatic heterocycles. The second kappa shape index (κ2) is 6.90. The Kier molecular flexibility index (Phi) is 4.46. The first-order chi connectivity index (χ1) is 12.2. The van der Waals surface area contributed by atoms with Gasteiger partial charge >= 0.3 is 0 Å². The summed E-state index contributed by atoms with van der Waals surface area (Å²) in [4.78, 5) is 10.8. The summed E-state index contributed by atoms with van der Waals surface area (Å²) in [7, 11) is 0. The normalized spacial score (nSPS) is 20.2. The number of β-amino-alcohol motifs (C(OH)–C–C–N with tert-alkyl or cyclic N) is 1. The van der Waals surface area contributed by atoms with E-state index in [4.69, 9.17) is 0 Å². The van der Waals surface area contributed by atoms with Crippen LogP contribution in [-0.2, 0) is 6.42 Å². The number of hydrogen-bond acceptors (Lipinski definition) is 5. The molecule has 3 aromatic rings. The summed E-state index contributed by atoms with van der Waals surface area (Å²) >= 11 is 1.56. The van der Waals surface area contributed by atoms with Gasteiger partial charge in [-0.15, -0.1) is 11.3 Å². The lowest BCUT2D eigenvalue weighted by molar-refractivity contribution is 0.148. The summed E-state index contributed by atoms with van der Waals surface area (Å²) in [5.74, 6) is -0.0682. The first-order valence-corrected chi connectivity index (χ1v) is 9.10. The van der Waals surface area contributed by atoms with Crippen molar-refractivity contribution >= 4 is 16.5 Å². The van der Waals surface area contributed by atoms with Crippen LogP contribution in [0.1, 0.15) is 5.56 Å². The fraction of sp³-hybridized carbons (Fsp3) is 0.263. The Morgan fingerprint density at radius 3 is 2.64 bits per heavy atom. The van der Waals surface area contributed by atoms with E-state index in [0.717, 1.165) is 29.4 Å².